The van der Waals surface area contributed by atoms with Crippen LogP contribution in [0.2, 0.25) is 5.02 Å². The summed E-state index contributed by atoms with van der Waals surface area (Å²) in [5, 5.41) is 6.18. The molecule has 0 radical (unpaired) electrons. The van der Waals surface area contributed by atoms with E-state index in [1.807, 2.05) is 69.3 Å². The molecule has 0 unspecified atom stereocenters. The lowest BCUT2D eigenvalue weighted by molar-refractivity contribution is -0.111. The Kier molecular flexibility index (Phi) is 7.85. The zero-order chi connectivity index (χ0) is 23.8. The zero-order valence-electron chi connectivity index (χ0n) is 18.8. The summed E-state index contributed by atoms with van der Waals surface area (Å²) in [4.78, 5) is 28.3. The smallest absolute Gasteiger partial charge is 0.407 e. The fraction of sp³-hybridized carbons (Fsp3) is 0.192. The number of benzene rings is 2. The van der Waals surface area contributed by atoms with E-state index in [4.69, 9.17) is 16.3 Å². The molecule has 0 saturated carbocycles. The molecule has 2 aromatic carbocycles. The number of halogens is 1. The molecule has 170 valence electrons. The molecule has 1 heterocycles. The standard InChI is InChI=1S/C26H26ClN3O3/c1-26(2,3)33-25(32)29-16-18-4-11-23(12-5-18)30-24(31)15-14-22-13-8-20(17-28-22)19-6-9-21(27)10-7-19/h4-15,17H,16H2,1-3H3,(H,29,32)(H,30,31)/b15-14+. The summed E-state index contributed by atoms with van der Waals surface area (Å²) in [5.41, 5.74) is 3.65. The third-order valence-corrected chi connectivity index (χ3v) is 4.68. The van der Waals surface area contributed by atoms with E-state index in [1.54, 1.807) is 24.4 Å². The van der Waals surface area contributed by atoms with Gasteiger partial charge >= 0.3 is 6.09 Å². The molecule has 33 heavy (non-hydrogen) atoms. The number of ether oxygens (including phenoxy) is 1. The Morgan fingerprint density at radius 2 is 1.64 bits per heavy atom. The van der Waals surface area contributed by atoms with Crippen LogP contribution in [-0.2, 0) is 16.1 Å². The predicted octanol–water partition coefficient (Wildman–Crippen LogP) is 6.08. The number of aromatic nitrogens is 1. The van der Waals surface area contributed by atoms with Gasteiger partial charge in [0, 0.05) is 35.1 Å². The molecular weight excluding hydrogens is 438 g/mol. The predicted molar refractivity (Wildman–Crippen MR) is 132 cm³/mol. The number of carbonyl (C=O) groups excluding carboxylic acids is 2. The fourth-order valence-electron chi connectivity index (χ4n) is 2.86. The first-order valence-electron chi connectivity index (χ1n) is 10.4. The van der Waals surface area contributed by atoms with E-state index in [0.29, 0.717) is 22.9 Å². The van der Waals surface area contributed by atoms with Gasteiger partial charge in [-0.15, -0.1) is 0 Å². The van der Waals surface area contributed by atoms with Gasteiger partial charge in [0.25, 0.3) is 0 Å². The van der Waals surface area contributed by atoms with Crippen LogP contribution in [-0.4, -0.2) is 22.6 Å². The summed E-state index contributed by atoms with van der Waals surface area (Å²) >= 11 is 5.92. The van der Waals surface area contributed by atoms with Crippen LogP contribution in [0.4, 0.5) is 10.5 Å². The fourth-order valence-corrected chi connectivity index (χ4v) is 2.98. The van der Waals surface area contributed by atoms with Crippen LogP contribution in [0.25, 0.3) is 17.2 Å². The number of nitrogens with zero attached hydrogens (tertiary/aromatic N) is 1. The first kappa shape index (κ1) is 24.0. The number of hydrogen-bond acceptors (Lipinski definition) is 4. The molecule has 0 spiro atoms. The zero-order valence-corrected chi connectivity index (χ0v) is 19.5. The molecule has 0 aliphatic heterocycles. The molecule has 0 aliphatic carbocycles. The van der Waals surface area contributed by atoms with Crippen molar-refractivity contribution in [1.82, 2.24) is 10.3 Å². The summed E-state index contributed by atoms with van der Waals surface area (Å²) < 4.78 is 5.21. The van der Waals surface area contributed by atoms with Crippen LogP contribution in [0.15, 0.2) is 72.9 Å². The first-order chi connectivity index (χ1) is 15.7. The Labute approximate surface area is 198 Å². The molecule has 0 atom stereocenters. The topological polar surface area (TPSA) is 80.3 Å². The van der Waals surface area contributed by atoms with E-state index in [1.165, 1.54) is 6.08 Å². The highest BCUT2D eigenvalue weighted by atomic mass is 35.5. The minimum absolute atomic E-state index is 0.266. The second-order valence-corrected chi connectivity index (χ2v) is 8.79. The lowest BCUT2D eigenvalue weighted by atomic mass is 10.1. The normalized spacial score (nSPS) is 11.3. The Morgan fingerprint density at radius 3 is 2.24 bits per heavy atom. The molecule has 1 aromatic heterocycles. The molecule has 7 heteroatoms. The van der Waals surface area contributed by atoms with Gasteiger partial charge < -0.3 is 15.4 Å². The van der Waals surface area contributed by atoms with Gasteiger partial charge in [-0.1, -0.05) is 41.9 Å². The maximum absolute atomic E-state index is 12.2. The molecular formula is C26H26ClN3O3. The lowest BCUT2D eigenvalue weighted by Crippen LogP contribution is -2.32. The minimum atomic E-state index is -0.542. The van der Waals surface area contributed by atoms with Crippen molar-refractivity contribution in [3.05, 3.63) is 89.2 Å². The van der Waals surface area contributed by atoms with Gasteiger partial charge in [-0.3, -0.25) is 9.78 Å². The second-order valence-electron chi connectivity index (χ2n) is 8.35. The van der Waals surface area contributed by atoms with E-state index in [-0.39, 0.29) is 5.91 Å². The van der Waals surface area contributed by atoms with E-state index in [9.17, 15) is 9.59 Å². The van der Waals surface area contributed by atoms with Crippen molar-refractivity contribution in [1.29, 1.82) is 0 Å². The van der Waals surface area contributed by atoms with Crippen molar-refractivity contribution in [2.24, 2.45) is 0 Å². The van der Waals surface area contributed by atoms with Crippen LogP contribution >= 0.6 is 11.6 Å². The number of amides is 2. The van der Waals surface area contributed by atoms with Crippen LogP contribution in [0.3, 0.4) is 0 Å². The van der Waals surface area contributed by atoms with Crippen molar-refractivity contribution in [2.75, 3.05) is 5.32 Å². The molecule has 3 rings (SSSR count). The van der Waals surface area contributed by atoms with Gasteiger partial charge in [0.2, 0.25) is 5.91 Å². The van der Waals surface area contributed by atoms with Crippen LogP contribution < -0.4 is 10.6 Å². The molecule has 3 aromatic rings. The number of pyridine rings is 1. The van der Waals surface area contributed by atoms with Crippen molar-refractivity contribution < 1.29 is 14.3 Å². The monoisotopic (exact) mass is 463 g/mol. The largest absolute Gasteiger partial charge is 0.444 e. The summed E-state index contributed by atoms with van der Waals surface area (Å²) in [5.74, 6) is -0.266. The van der Waals surface area contributed by atoms with E-state index >= 15 is 0 Å². The van der Waals surface area contributed by atoms with Gasteiger partial charge in [-0.2, -0.15) is 0 Å². The number of anilines is 1. The van der Waals surface area contributed by atoms with E-state index < -0.39 is 11.7 Å². The average molecular weight is 464 g/mol. The first-order valence-corrected chi connectivity index (χ1v) is 10.8. The second kappa shape index (κ2) is 10.8. The van der Waals surface area contributed by atoms with E-state index in [2.05, 4.69) is 15.6 Å². The number of carbonyl (C=O) groups is 2. The Bertz CT molecular complexity index is 1120. The maximum Gasteiger partial charge on any atom is 0.407 e. The summed E-state index contributed by atoms with van der Waals surface area (Å²) in [7, 11) is 0. The highest BCUT2D eigenvalue weighted by Crippen LogP contribution is 2.21. The summed E-state index contributed by atoms with van der Waals surface area (Å²) in [6.07, 6.45) is 4.37. The number of rotatable bonds is 6. The van der Waals surface area contributed by atoms with Crippen molar-refractivity contribution in [3.8, 4) is 11.1 Å². The summed E-state index contributed by atoms with van der Waals surface area (Å²) in [6, 6.07) is 18.5. The van der Waals surface area contributed by atoms with Crippen LogP contribution in [0.5, 0.6) is 0 Å². The van der Waals surface area contributed by atoms with Gasteiger partial charge in [0.15, 0.2) is 0 Å². The van der Waals surface area contributed by atoms with Gasteiger partial charge in [-0.05, 0) is 68.3 Å². The molecule has 2 amide bonds. The van der Waals surface area contributed by atoms with Gasteiger partial charge in [0.1, 0.15) is 5.60 Å². The summed E-state index contributed by atoms with van der Waals surface area (Å²) in [6.45, 7) is 5.77. The molecule has 0 bridgehead atoms. The lowest BCUT2D eigenvalue weighted by Gasteiger charge is -2.19. The van der Waals surface area contributed by atoms with E-state index in [0.717, 1.165) is 16.7 Å². The average Bonchev–Trinajstić information content (AvgIpc) is 2.77. The molecule has 0 fully saturated rings. The van der Waals surface area contributed by atoms with Crippen molar-refractivity contribution in [3.63, 3.8) is 0 Å². The number of alkyl carbamates (subject to hydrolysis) is 1. The Hall–Kier alpha value is -3.64. The Morgan fingerprint density at radius 1 is 0.970 bits per heavy atom. The molecule has 6 nitrogen and oxygen atoms in total. The highest BCUT2D eigenvalue weighted by Gasteiger charge is 2.15. The maximum atomic E-state index is 12.2. The molecule has 2 N–H and O–H groups in total. The Balaban J connectivity index is 1.50. The number of nitrogens with one attached hydrogen (secondary N) is 2. The number of hydrogen-bond donors (Lipinski definition) is 2. The molecule has 0 aliphatic rings. The quantitative estimate of drug-likeness (QED) is 0.434. The highest BCUT2D eigenvalue weighted by molar-refractivity contribution is 6.30. The van der Waals surface area contributed by atoms with Gasteiger partial charge in [-0.25, -0.2) is 4.79 Å². The third-order valence-electron chi connectivity index (χ3n) is 4.43. The van der Waals surface area contributed by atoms with Crippen LogP contribution in [0.1, 0.15) is 32.0 Å². The molecule has 0 saturated heterocycles. The van der Waals surface area contributed by atoms with Crippen molar-refractivity contribution >= 4 is 35.4 Å². The van der Waals surface area contributed by atoms with Crippen LogP contribution in [0, 0.1) is 0 Å². The third kappa shape index (κ3) is 8.09. The van der Waals surface area contributed by atoms with Crippen molar-refractivity contribution in [2.45, 2.75) is 32.9 Å². The minimum Gasteiger partial charge on any atom is -0.444 e. The van der Waals surface area contributed by atoms with Gasteiger partial charge in [0.05, 0.1) is 5.69 Å². The SMILES string of the molecule is CC(C)(C)OC(=O)NCc1ccc(NC(=O)/C=C/c2ccc(-c3ccc(Cl)cc3)cn2)cc1.